The van der Waals surface area contributed by atoms with Gasteiger partial charge in [0, 0.05) is 0 Å². The Morgan fingerprint density at radius 2 is 1.31 bits per heavy atom. The maximum atomic E-state index is 8.19. The summed E-state index contributed by atoms with van der Waals surface area (Å²) in [5.41, 5.74) is 3.04. The van der Waals surface area contributed by atoms with Gasteiger partial charge in [0.25, 0.3) is 0 Å². The Balaban J connectivity index is 1.82. The fraction of sp³-hybridized carbons (Fsp3) is 0.273. The molecule has 1 unspecified atom stereocenters. The average molecular weight is 501 g/mol. The van der Waals surface area contributed by atoms with E-state index < -0.39 is 5.96 Å². The van der Waals surface area contributed by atoms with Gasteiger partial charge >= 0.3 is 218 Å². The monoisotopic (exact) mass is 500 g/mol. The van der Waals surface area contributed by atoms with E-state index in [1.165, 1.54) is 39.9 Å². The molecule has 0 bridgehead atoms. The van der Waals surface area contributed by atoms with Crippen molar-refractivity contribution in [1.29, 1.82) is 0 Å². The molecule has 0 spiro atoms. The SMILES string of the molecule is CC1=CCCC(C)(C)C1/C=C/C(C)=C\CP(Cl)(c1ccccc1)(c1ccccc1)c1ccccc1. The number of benzene rings is 3. The van der Waals surface area contributed by atoms with Crippen LogP contribution in [0.2, 0.25) is 0 Å². The van der Waals surface area contributed by atoms with Crippen LogP contribution in [0.4, 0.5) is 0 Å². The molecule has 1 atom stereocenters. The van der Waals surface area contributed by atoms with Crippen molar-refractivity contribution in [2.24, 2.45) is 11.3 Å². The van der Waals surface area contributed by atoms with Gasteiger partial charge in [-0.3, -0.25) is 0 Å². The van der Waals surface area contributed by atoms with Crippen LogP contribution in [0, 0.1) is 11.3 Å². The molecule has 0 aliphatic heterocycles. The van der Waals surface area contributed by atoms with Gasteiger partial charge in [0.05, 0.1) is 0 Å². The van der Waals surface area contributed by atoms with E-state index in [9.17, 15) is 0 Å². The zero-order valence-electron chi connectivity index (χ0n) is 21.5. The zero-order chi connectivity index (χ0) is 25.0. The van der Waals surface area contributed by atoms with Gasteiger partial charge in [-0.1, -0.05) is 0 Å². The topological polar surface area (TPSA) is 0 Å². The van der Waals surface area contributed by atoms with Gasteiger partial charge in [-0.05, 0) is 0 Å². The molecular formula is C33H38ClP. The maximum absolute atomic E-state index is 8.19. The van der Waals surface area contributed by atoms with Gasteiger partial charge in [-0.25, -0.2) is 0 Å². The Hall–Kier alpha value is -2.40. The van der Waals surface area contributed by atoms with Crippen molar-refractivity contribution in [2.75, 3.05) is 6.16 Å². The van der Waals surface area contributed by atoms with Crippen molar-refractivity contribution in [2.45, 2.75) is 40.5 Å². The van der Waals surface area contributed by atoms with Gasteiger partial charge in [-0.2, -0.15) is 0 Å². The van der Waals surface area contributed by atoms with Gasteiger partial charge in [0.2, 0.25) is 0 Å². The van der Waals surface area contributed by atoms with Crippen LogP contribution in [-0.4, -0.2) is 6.16 Å². The summed E-state index contributed by atoms with van der Waals surface area (Å²) in [5.74, 6) is -2.79. The van der Waals surface area contributed by atoms with Crippen LogP contribution < -0.4 is 15.9 Å². The summed E-state index contributed by atoms with van der Waals surface area (Å²) in [5, 5.41) is 3.62. The minimum absolute atomic E-state index is 0.291. The molecule has 0 N–H and O–H groups in total. The number of halogens is 1. The van der Waals surface area contributed by atoms with Gasteiger partial charge in [-0.15, -0.1) is 0 Å². The molecule has 35 heavy (non-hydrogen) atoms. The first kappa shape index (κ1) is 25.7. The summed E-state index contributed by atoms with van der Waals surface area (Å²) < 4.78 is 0. The van der Waals surface area contributed by atoms with Crippen LogP contribution in [0.15, 0.2) is 126 Å². The third-order valence-corrected chi connectivity index (χ3v) is 14.9. The van der Waals surface area contributed by atoms with Gasteiger partial charge < -0.3 is 0 Å². The first-order valence-corrected chi connectivity index (χ1v) is 16.0. The van der Waals surface area contributed by atoms with Gasteiger partial charge in [0.15, 0.2) is 0 Å². The molecule has 4 rings (SSSR count). The van der Waals surface area contributed by atoms with Crippen LogP contribution >= 0.6 is 17.2 Å². The van der Waals surface area contributed by atoms with E-state index in [0.717, 1.165) is 6.16 Å². The summed E-state index contributed by atoms with van der Waals surface area (Å²) in [6.07, 6.45) is 12.7. The fourth-order valence-electron chi connectivity index (χ4n) is 5.59. The Morgan fingerprint density at radius 1 is 0.857 bits per heavy atom. The zero-order valence-corrected chi connectivity index (χ0v) is 23.1. The molecule has 1 aliphatic carbocycles. The van der Waals surface area contributed by atoms with E-state index in [2.05, 4.69) is 143 Å². The molecule has 0 nitrogen and oxygen atoms in total. The van der Waals surface area contributed by atoms with Crippen LogP contribution in [0.5, 0.6) is 0 Å². The first-order valence-electron chi connectivity index (χ1n) is 12.7. The molecule has 0 radical (unpaired) electrons. The fourth-order valence-corrected chi connectivity index (χ4v) is 11.4. The second-order valence-electron chi connectivity index (χ2n) is 10.6. The molecule has 3 aromatic carbocycles. The Morgan fingerprint density at radius 3 is 1.74 bits per heavy atom. The van der Waals surface area contributed by atoms with Crippen LogP contribution in [0.25, 0.3) is 0 Å². The van der Waals surface area contributed by atoms with Crippen LogP contribution in [0.1, 0.15) is 40.5 Å². The normalized spacial score (nSPS) is 19.7. The number of hydrogen-bond acceptors (Lipinski definition) is 0. The van der Waals surface area contributed by atoms with Crippen molar-refractivity contribution < 1.29 is 0 Å². The number of hydrogen-bond donors (Lipinski definition) is 0. The van der Waals surface area contributed by atoms with E-state index in [4.69, 9.17) is 11.2 Å². The van der Waals surface area contributed by atoms with E-state index in [1.807, 2.05) is 0 Å². The van der Waals surface area contributed by atoms with Gasteiger partial charge in [0.1, 0.15) is 0 Å². The van der Waals surface area contributed by atoms with E-state index in [1.54, 1.807) is 0 Å². The molecule has 2 heteroatoms. The van der Waals surface area contributed by atoms with Crippen molar-refractivity contribution in [3.8, 4) is 0 Å². The standard InChI is InChI=1S/C33H38ClP/c1-27(22-23-32-28(2)15-14-25-33(32,3)4)24-26-35(34,29-16-8-5-9-17-29,30-18-10-6-11-19-30)31-20-12-7-13-21-31/h5-13,15-24,32H,14,25-26H2,1-4H3/b23-22+,27-24-. The molecular weight excluding hydrogens is 463 g/mol. The predicted molar refractivity (Wildman–Crippen MR) is 159 cm³/mol. The Bertz CT molecular complexity index is 1120. The van der Waals surface area contributed by atoms with Crippen molar-refractivity contribution in [3.63, 3.8) is 0 Å². The summed E-state index contributed by atoms with van der Waals surface area (Å²) in [6, 6.07) is 32.2. The Labute approximate surface area is 217 Å². The average Bonchev–Trinajstić information content (AvgIpc) is 2.88. The molecule has 0 saturated carbocycles. The van der Waals surface area contributed by atoms with Crippen molar-refractivity contribution in [1.82, 2.24) is 0 Å². The molecule has 1 aliphatic rings. The molecule has 0 fully saturated rings. The quantitative estimate of drug-likeness (QED) is 0.173. The second kappa shape index (κ2) is 10.3. The van der Waals surface area contributed by atoms with Crippen LogP contribution in [-0.2, 0) is 0 Å². The van der Waals surface area contributed by atoms with Crippen molar-refractivity contribution >= 4 is 33.1 Å². The summed E-state index contributed by atoms with van der Waals surface area (Å²) >= 11 is 8.19. The molecule has 0 aromatic heterocycles. The van der Waals surface area contributed by atoms with E-state index in [-0.39, 0.29) is 0 Å². The van der Waals surface area contributed by atoms with E-state index >= 15 is 0 Å². The van der Waals surface area contributed by atoms with Crippen LogP contribution in [0.3, 0.4) is 0 Å². The minimum atomic E-state index is -3.26. The summed E-state index contributed by atoms with van der Waals surface area (Å²) in [6.45, 7) is 9.27. The van der Waals surface area contributed by atoms with E-state index in [0.29, 0.717) is 11.3 Å². The summed E-state index contributed by atoms with van der Waals surface area (Å²) in [4.78, 5) is 0. The number of rotatable bonds is 7. The molecule has 3 aromatic rings. The second-order valence-corrected chi connectivity index (χ2v) is 17.2. The predicted octanol–water partition coefficient (Wildman–Crippen LogP) is 8.56. The third-order valence-electron chi connectivity index (χ3n) is 7.78. The Kier molecular flexibility index (Phi) is 7.56. The molecule has 0 saturated heterocycles. The third kappa shape index (κ3) is 4.97. The molecule has 0 heterocycles. The molecule has 0 amide bonds. The first-order chi connectivity index (χ1) is 16.8. The summed E-state index contributed by atoms with van der Waals surface area (Å²) in [7, 11) is 0. The molecule has 182 valence electrons. The number of allylic oxidation sites excluding steroid dienone is 6. The van der Waals surface area contributed by atoms with Crippen molar-refractivity contribution in [3.05, 3.63) is 126 Å².